The summed E-state index contributed by atoms with van der Waals surface area (Å²) in [7, 11) is 1.46. The van der Waals surface area contributed by atoms with Crippen molar-refractivity contribution in [1.29, 1.82) is 0 Å². The van der Waals surface area contributed by atoms with Gasteiger partial charge in [-0.05, 0) is 48.2 Å². The lowest BCUT2D eigenvalue weighted by molar-refractivity contribution is -0.274. The third kappa shape index (κ3) is 8.59. The molecule has 0 radical (unpaired) electrons. The van der Waals surface area contributed by atoms with E-state index in [0.29, 0.717) is 29.7 Å². The number of carbonyl (C=O) groups excluding carboxylic acids is 1. The van der Waals surface area contributed by atoms with E-state index < -0.39 is 29.9 Å². The van der Waals surface area contributed by atoms with Crippen LogP contribution in [0.2, 0.25) is 0 Å². The molecule has 3 aromatic rings. The Labute approximate surface area is 216 Å². The Kier molecular flexibility index (Phi) is 10.2. The molecular weight excluding hydrogens is 522 g/mol. The van der Waals surface area contributed by atoms with Crippen molar-refractivity contribution in [2.24, 2.45) is 0 Å². The van der Waals surface area contributed by atoms with Crippen LogP contribution in [0, 0.1) is 0 Å². The van der Waals surface area contributed by atoms with Crippen molar-refractivity contribution in [3.05, 3.63) is 95.6 Å². The van der Waals surface area contributed by atoms with Crippen molar-refractivity contribution in [3.63, 3.8) is 0 Å². The number of amides is 1. The van der Waals surface area contributed by atoms with Crippen LogP contribution in [0.25, 0.3) is 0 Å². The predicted molar refractivity (Wildman–Crippen MR) is 131 cm³/mol. The highest BCUT2D eigenvalue weighted by Crippen LogP contribution is 2.33. The van der Waals surface area contributed by atoms with Crippen molar-refractivity contribution in [2.75, 3.05) is 18.5 Å². The van der Waals surface area contributed by atoms with E-state index in [1.807, 2.05) is 0 Å². The second kappa shape index (κ2) is 12.7. The fraction of sp³-hybridized carbons (Fsp3) is 0.269. The summed E-state index contributed by atoms with van der Waals surface area (Å²) < 4.78 is 81.0. The van der Waals surface area contributed by atoms with Crippen LogP contribution in [0.4, 0.5) is 32.0 Å². The smallest absolute Gasteiger partial charge is 0.406 e. The fourth-order valence-corrected chi connectivity index (χ4v) is 3.83. The monoisotopic (exact) mass is 546 g/mol. The van der Waals surface area contributed by atoms with Crippen molar-refractivity contribution < 1.29 is 35.9 Å². The molecule has 0 bridgehead atoms. The number of hydrogen-bond acceptors (Lipinski definition) is 3. The zero-order chi connectivity index (χ0) is 26.3. The molecule has 0 saturated carbocycles. The number of halogens is 7. The van der Waals surface area contributed by atoms with Gasteiger partial charge >= 0.3 is 12.5 Å². The summed E-state index contributed by atoms with van der Waals surface area (Å²) in [6.45, 7) is 0.226. The van der Waals surface area contributed by atoms with E-state index in [2.05, 4.69) is 10.1 Å². The van der Waals surface area contributed by atoms with E-state index in [9.17, 15) is 31.1 Å². The first-order valence-corrected chi connectivity index (χ1v) is 11.0. The Morgan fingerprint density at radius 3 is 2.14 bits per heavy atom. The largest absolute Gasteiger partial charge is 0.573 e. The number of rotatable bonds is 9. The van der Waals surface area contributed by atoms with Gasteiger partial charge in [-0.2, -0.15) is 13.2 Å². The highest BCUT2D eigenvalue weighted by atomic mass is 35.5. The van der Waals surface area contributed by atoms with E-state index in [4.69, 9.17) is 0 Å². The van der Waals surface area contributed by atoms with Gasteiger partial charge in [0, 0.05) is 25.3 Å². The summed E-state index contributed by atoms with van der Waals surface area (Å²) in [5.41, 5.74) is 0.849. The predicted octanol–water partition coefficient (Wildman–Crippen LogP) is 6.95. The number of hydrogen-bond donors (Lipinski definition) is 1. The van der Waals surface area contributed by atoms with E-state index in [1.165, 1.54) is 31.3 Å². The zero-order valence-corrected chi connectivity index (χ0v) is 20.5. The maximum absolute atomic E-state index is 12.9. The molecule has 0 fully saturated rings. The minimum absolute atomic E-state index is 0. The van der Waals surface area contributed by atoms with Crippen LogP contribution >= 0.6 is 12.4 Å². The van der Waals surface area contributed by atoms with E-state index in [0.717, 1.165) is 18.2 Å². The lowest BCUT2D eigenvalue weighted by Crippen LogP contribution is -2.40. The van der Waals surface area contributed by atoms with E-state index in [1.54, 1.807) is 41.3 Å². The standard InChI is InChI=1S/C26H24F6N2O2.ClH/c1-33-24(35)23(19-8-3-2-4-9-19)34(21-10-5-11-22(17-21)36-26(30,31)32)16-6-7-18-12-14-20(15-13-18)25(27,28)29;/h2-5,8-15,17,23H,6-7,16H2,1H3,(H,33,35);1H/t23-;/m0./s1. The lowest BCUT2D eigenvalue weighted by atomic mass is 10.0. The molecule has 0 unspecified atom stereocenters. The van der Waals surface area contributed by atoms with Gasteiger partial charge in [0.1, 0.15) is 11.8 Å². The summed E-state index contributed by atoms with van der Waals surface area (Å²) in [5, 5.41) is 2.60. The molecule has 0 aliphatic rings. The summed E-state index contributed by atoms with van der Waals surface area (Å²) in [5.74, 6) is -0.811. The number of carbonyl (C=O) groups is 1. The summed E-state index contributed by atoms with van der Waals surface area (Å²) in [6, 6.07) is 18.0. The molecule has 1 N–H and O–H groups in total. The van der Waals surface area contributed by atoms with Gasteiger partial charge in [-0.1, -0.05) is 48.5 Å². The average molecular weight is 547 g/mol. The zero-order valence-electron chi connectivity index (χ0n) is 19.6. The lowest BCUT2D eigenvalue weighted by Gasteiger charge is -2.33. The topological polar surface area (TPSA) is 41.6 Å². The minimum Gasteiger partial charge on any atom is -0.406 e. The third-order valence-electron chi connectivity index (χ3n) is 5.45. The van der Waals surface area contributed by atoms with Crippen LogP contribution in [-0.4, -0.2) is 25.9 Å². The Bertz CT molecular complexity index is 1140. The summed E-state index contributed by atoms with van der Waals surface area (Å²) in [6.07, 6.45) is -8.51. The molecular formula is C26H25ClF6N2O2. The van der Waals surface area contributed by atoms with Crippen LogP contribution in [0.3, 0.4) is 0 Å². The van der Waals surface area contributed by atoms with Crippen molar-refractivity contribution in [3.8, 4) is 5.75 Å². The van der Waals surface area contributed by atoms with Crippen LogP contribution in [-0.2, 0) is 17.4 Å². The molecule has 3 rings (SSSR count). The molecule has 0 saturated heterocycles. The van der Waals surface area contributed by atoms with Gasteiger partial charge in [0.15, 0.2) is 0 Å². The second-order valence-corrected chi connectivity index (χ2v) is 7.96. The van der Waals surface area contributed by atoms with Crippen molar-refractivity contribution in [1.82, 2.24) is 5.32 Å². The number of aryl methyl sites for hydroxylation is 1. The molecule has 11 heteroatoms. The van der Waals surface area contributed by atoms with E-state index >= 15 is 0 Å². The number of benzene rings is 3. The normalized spacial score (nSPS) is 12.3. The highest BCUT2D eigenvalue weighted by molar-refractivity contribution is 5.86. The Hall–Kier alpha value is -3.40. The van der Waals surface area contributed by atoms with Crippen molar-refractivity contribution in [2.45, 2.75) is 31.4 Å². The second-order valence-electron chi connectivity index (χ2n) is 7.96. The van der Waals surface area contributed by atoms with Crippen LogP contribution in [0.1, 0.15) is 29.2 Å². The number of nitrogens with zero attached hydrogens (tertiary/aromatic N) is 1. The van der Waals surface area contributed by atoms with Gasteiger partial charge in [0.05, 0.1) is 5.56 Å². The van der Waals surface area contributed by atoms with Gasteiger partial charge in [0.25, 0.3) is 0 Å². The Morgan fingerprint density at radius 1 is 0.919 bits per heavy atom. The number of alkyl halides is 6. The number of ether oxygens (including phenoxy) is 1. The number of nitrogens with one attached hydrogen (secondary N) is 1. The van der Waals surface area contributed by atoms with Crippen LogP contribution < -0.4 is 15.0 Å². The van der Waals surface area contributed by atoms with E-state index in [-0.39, 0.29) is 24.9 Å². The first-order valence-electron chi connectivity index (χ1n) is 11.0. The molecule has 0 heterocycles. The maximum Gasteiger partial charge on any atom is 0.573 e. The van der Waals surface area contributed by atoms with Gasteiger partial charge in [-0.25, -0.2) is 0 Å². The molecule has 3 aromatic carbocycles. The molecule has 0 aliphatic heterocycles. The maximum atomic E-state index is 12.9. The third-order valence-corrected chi connectivity index (χ3v) is 5.45. The highest BCUT2D eigenvalue weighted by Gasteiger charge is 2.32. The fourth-order valence-electron chi connectivity index (χ4n) is 3.83. The molecule has 0 aromatic heterocycles. The first kappa shape index (κ1) is 29.8. The average Bonchev–Trinajstić information content (AvgIpc) is 2.82. The number of anilines is 1. The van der Waals surface area contributed by atoms with Crippen LogP contribution in [0.5, 0.6) is 5.75 Å². The van der Waals surface area contributed by atoms with Gasteiger partial charge < -0.3 is 15.0 Å². The number of likely N-dealkylation sites (N-methyl/N-ethyl adjacent to an activating group) is 1. The quantitative estimate of drug-likeness (QED) is 0.295. The molecule has 0 aliphatic carbocycles. The van der Waals surface area contributed by atoms with Gasteiger partial charge in [-0.15, -0.1) is 25.6 Å². The van der Waals surface area contributed by atoms with Crippen molar-refractivity contribution >= 4 is 24.0 Å². The van der Waals surface area contributed by atoms with Gasteiger partial charge in [0.2, 0.25) is 5.91 Å². The van der Waals surface area contributed by atoms with Crippen LogP contribution in [0.15, 0.2) is 78.9 Å². The summed E-state index contributed by atoms with van der Waals surface area (Å²) >= 11 is 0. The molecule has 200 valence electrons. The molecule has 1 atom stereocenters. The summed E-state index contributed by atoms with van der Waals surface area (Å²) in [4.78, 5) is 14.6. The molecule has 0 spiro atoms. The van der Waals surface area contributed by atoms with Gasteiger partial charge in [-0.3, -0.25) is 4.79 Å². The SMILES string of the molecule is CNC(=O)[C@H](c1ccccc1)N(CCCc1ccc(C(F)(F)F)cc1)c1cccc(OC(F)(F)F)c1.Cl. The first-order chi connectivity index (χ1) is 17.0. The molecule has 1 amide bonds. The minimum atomic E-state index is -4.88. The Balaban J connectivity index is 0.00000481. The Morgan fingerprint density at radius 2 is 1.57 bits per heavy atom. The molecule has 4 nitrogen and oxygen atoms in total. The molecule has 37 heavy (non-hydrogen) atoms.